The summed E-state index contributed by atoms with van der Waals surface area (Å²) in [5, 5.41) is 38.7. The van der Waals surface area contributed by atoms with E-state index in [-0.39, 0.29) is 19.3 Å². The monoisotopic (exact) mass is 896 g/mol. The Labute approximate surface area is 371 Å². The summed E-state index contributed by atoms with van der Waals surface area (Å²) in [6.07, 6.45) is 16.7. The highest BCUT2D eigenvalue weighted by molar-refractivity contribution is 7.10. The fourth-order valence-corrected chi connectivity index (χ4v) is 7.85. The van der Waals surface area contributed by atoms with Crippen molar-refractivity contribution in [3.63, 3.8) is 0 Å². The number of ether oxygens (including phenoxy) is 1. The van der Waals surface area contributed by atoms with E-state index in [0.29, 0.717) is 43.0 Å². The lowest BCUT2D eigenvalue weighted by molar-refractivity contribution is 0.0479. The molecule has 63 heavy (non-hydrogen) atoms. The Bertz CT molecular complexity index is 2790. The lowest BCUT2D eigenvalue weighted by Gasteiger charge is -2.22. The van der Waals surface area contributed by atoms with Crippen molar-refractivity contribution in [2.75, 3.05) is 23.8 Å². The number of carbonyl (C=O) groups excluding carboxylic acids is 1. The SMILES string of the molecule is Cc1cc(Nc2nc(CCC(CO)NC(=O)OC(C)(C)C)cn3c(-c4cnn(C)c4)cnc23)sn1.Cc1cc(Nc2nc(CCC(N)CO)cn3c(-c4cnn(C)c4)cnc23)sn1. The molecule has 20 nitrogen and oxygen atoms in total. The summed E-state index contributed by atoms with van der Waals surface area (Å²) in [7, 11) is 3.75. The molecule has 0 radical (unpaired) electrons. The largest absolute Gasteiger partial charge is 0.444 e. The molecular formula is C41H52N16O4S2. The van der Waals surface area contributed by atoms with Gasteiger partial charge in [-0.1, -0.05) is 0 Å². The van der Waals surface area contributed by atoms with Crippen LogP contribution in [0.15, 0.2) is 61.7 Å². The molecule has 0 fully saturated rings. The number of nitrogens with one attached hydrogen (secondary N) is 3. The predicted molar refractivity (Wildman–Crippen MR) is 243 cm³/mol. The average molecular weight is 897 g/mol. The highest BCUT2D eigenvalue weighted by Crippen LogP contribution is 2.30. The second-order valence-electron chi connectivity index (χ2n) is 16.1. The molecule has 8 heterocycles. The number of aliphatic hydroxyl groups is 2. The molecule has 0 aliphatic heterocycles. The molecule has 0 aliphatic rings. The number of nitrogens with zero attached hydrogens (tertiary/aromatic N) is 12. The number of carbonyl (C=O) groups is 1. The maximum absolute atomic E-state index is 12.1. The topological polar surface area (TPSA) is 251 Å². The van der Waals surface area contributed by atoms with Crippen LogP contribution >= 0.6 is 23.1 Å². The molecule has 8 aromatic heterocycles. The third-order valence-corrected chi connectivity index (χ3v) is 11.1. The van der Waals surface area contributed by atoms with Gasteiger partial charge in [0.05, 0.1) is 78.2 Å². The highest BCUT2D eigenvalue weighted by Gasteiger charge is 2.21. The van der Waals surface area contributed by atoms with Crippen LogP contribution in [0.4, 0.5) is 26.4 Å². The fourth-order valence-electron chi connectivity index (χ4n) is 6.53. The van der Waals surface area contributed by atoms with Gasteiger partial charge in [-0.2, -0.15) is 18.9 Å². The van der Waals surface area contributed by atoms with Crippen LogP contribution in [0.25, 0.3) is 33.8 Å². The molecule has 0 spiro atoms. The Hall–Kier alpha value is -6.33. The zero-order chi connectivity index (χ0) is 44.8. The van der Waals surface area contributed by atoms with E-state index in [9.17, 15) is 15.0 Å². The molecule has 1 amide bonds. The molecule has 0 saturated heterocycles. The lowest BCUT2D eigenvalue weighted by Crippen LogP contribution is -2.41. The van der Waals surface area contributed by atoms with Gasteiger partial charge in [-0.15, -0.1) is 0 Å². The van der Waals surface area contributed by atoms with E-state index >= 15 is 0 Å². The molecular weight excluding hydrogens is 845 g/mol. The number of aromatic nitrogens is 12. The van der Waals surface area contributed by atoms with E-state index < -0.39 is 17.7 Å². The standard InChI is InChI=1S/C23H30N8O3S.C18H22N8OS/c1-14-8-19(35-29-14)28-20-21-24-10-18(15-9-25-30(5)11-15)31(21)12-16(26-20)6-7-17(13-32)27-22(33)34-23(2,3)4;1-11-5-16(28-24-11)23-17-18-20-7-15(12-6-21-25(2)8-12)26(18)9-14(22-17)4-3-13(19)10-27/h8-12,17,32H,6-7,13H2,1-5H3,(H,26,28)(H,27,33);5-9,13,27H,3-4,10,19H2,1-2H3,(H,22,23). The third kappa shape index (κ3) is 11.4. The number of aliphatic hydroxyl groups excluding tert-OH is 2. The second kappa shape index (κ2) is 19.4. The summed E-state index contributed by atoms with van der Waals surface area (Å²) in [6, 6.07) is 3.19. The number of fused-ring (bicyclic) bond motifs is 2. The highest BCUT2D eigenvalue weighted by atomic mass is 32.1. The Morgan fingerprint density at radius 1 is 0.762 bits per heavy atom. The van der Waals surface area contributed by atoms with Crippen molar-refractivity contribution in [2.24, 2.45) is 19.8 Å². The Morgan fingerprint density at radius 2 is 1.25 bits per heavy atom. The first-order valence-electron chi connectivity index (χ1n) is 20.2. The van der Waals surface area contributed by atoms with Gasteiger partial charge >= 0.3 is 6.09 Å². The first kappa shape index (κ1) is 44.7. The van der Waals surface area contributed by atoms with Crippen LogP contribution in [0.1, 0.15) is 56.4 Å². The Kier molecular flexibility index (Phi) is 13.8. The van der Waals surface area contributed by atoms with Crippen LogP contribution in [-0.4, -0.2) is 104 Å². The maximum atomic E-state index is 12.1. The van der Waals surface area contributed by atoms with Gasteiger partial charge in [0.1, 0.15) is 15.6 Å². The average Bonchev–Trinajstić information content (AvgIpc) is 4.10. The number of hydrogen-bond donors (Lipinski definition) is 6. The lowest BCUT2D eigenvalue weighted by atomic mass is 10.1. The minimum absolute atomic E-state index is 0.0422. The molecule has 7 N–H and O–H groups in total. The van der Waals surface area contributed by atoms with Crippen molar-refractivity contribution in [1.29, 1.82) is 0 Å². The number of aryl methyl sites for hydroxylation is 6. The predicted octanol–water partition coefficient (Wildman–Crippen LogP) is 5.35. The first-order valence-corrected chi connectivity index (χ1v) is 21.8. The van der Waals surface area contributed by atoms with Gasteiger partial charge in [-0.25, -0.2) is 24.7 Å². The van der Waals surface area contributed by atoms with E-state index in [4.69, 9.17) is 20.4 Å². The molecule has 0 bridgehead atoms. The normalized spacial score (nSPS) is 12.6. The van der Waals surface area contributed by atoms with Gasteiger partial charge < -0.3 is 36.6 Å². The van der Waals surface area contributed by atoms with Crippen molar-refractivity contribution < 1.29 is 19.7 Å². The summed E-state index contributed by atoms with van der Waals surface area (Å²) < 4.78 is 21.4. The number of rotatable bonds is 15. The van der Waals surface area contributed by atoms with E-state index in [0.717, 1.165) is 60.9 Å². The fraction of sp³-hybridized carbons (Fsp3) is 0.390. The second-order valence-corrected chi connectivity index (χ2v) is 17.7. The van der Waals surface area contributed by atoms with E-state index in [1.54, 1.807) is 42.5 Å². The molecule has 8 rings (SSSR count). The first-order chi connectivity index (χ1) is 30.1. The minimum Gasteiger partial charge on any atom is -0.444 e. The number of nitrogens with two attached hydrogens (primary N) is 1. The van der Waals surface area contributed by atoms with Crippen molar-refractivity contribution in [3.8, 4) is 22.5 Å². The minimum atomic E-state index is -0.615. The van der Waals surface area contributed by atoms with Crippen LogP contribution in [-0.2, 0) is 31.7 Å². The molecule has 22 heteroatoms. The maximum Gasteiger partial charge on any atom is 0.407 e. The van der Waals surface area contributed by atoms with Crippen molar-refractivity contribution in [1.82, 2.24) is 62.4 Å². The molecule has 332 valence electrons. The van der Waals surface area contributed by atoms with Crippen molar-refractivity contribution >= 4 is 62.1 Å². The summed E-state index contributed by atoms with van der Waals surface area (Å²) in [6.45, 7) is 9.02. The van der Waals surface area contributed by atoms with Crippen LogP contribution in [0.2, 0.25) is 0 Å². The zero-order valence-corrected chi connectivity index (χ0v) is 37.8. The number of imidazole rings is 2. The van der Waals surface area contributed by atoms with Crippen LogP contribution < -0.4 is 21.7 Å². The van der Waals surface area contributed by atoms with Crippen LogP contribution in [0, 0.1) is 13.8 Å². The molecule has 0 aliphatic carbocycles. The van der Waals surface area contributed by atoms with Crippen molar-refractivity contribution in [3.05, 3.63) is 84.5 Å². The smallest absolute Gasteiger partial charge is 0.407 e. The van der Waals surface area contributed by atoms with E-state index in [2.05, 4.69) is 44.9 Å². The van der Waals surface area contributed by atoms with Gasteiger partial charge in [0.2, 0.25) is 0 Å². The number of alkyl carbamates (subject to hydrolysis) is 1. The Morgan fingerprint density at radius 3 is 1.65 bits per heavy atom. The van der Waals surface area contributed by atoms with Crippen molar-refractivity contribution in [2.45, 2.75) is 78.0 Å². The molecule has 2 atom stereocenters. The molecule has 2 unspecified atom stereocenters. The third-order valence-electron chi connectivity index (χ3n) is 9.52. The summed E-state index contributed by atoms with van der Waals surface area (Å²) in [5.74, 6) is 1.26. The van der Waals surface area contributed by atoms with Gasteiger partial charge in [-0.05, 0) is 95.5 Å². The van der Waals surface area contributed by atoms with Gasteiger partial charge in [-0.3, -0.25) is 18.2 Å². The quantitative estimate of drug-likeness (QED) is 0.0759. The summed E-state index contributed by atoms with van der Waals surface area (Å²) >= 11 is 2.74. The van der Waals surface area contributed by atoms with Gasteiger partial charge in [0.25, 0.3) is 0 Å². The van der Waals surface area contributed by atoms with Gasteiger partial charge in [0.15, 0.2) is 22.9 Å². The van der Waals surface area contributed by atoms with E-state index in [1.807, 2.05) is 86.1 Å². The number of hydrogen-bond acceptors (Lipinski definition) is 17. The summed E-state index contributed by atoms with van der Waals surface area (Å²) in [5.41, 5.74) is 13.9. The van der Waals surface area contributed by atoms with Crippen LogP contribution in [0.3, 0.4) is 0 Å². The molecule has 0 aromatic carbocycles. The number of amides is 1. The van der Waals surface area contributed by atoms with Gasteiger partial charge in [0, 0.05) is 56.1 Å². The van der Waals surface area contributed by atoms with E-state index in [1.165, 1.54) is 23.1 Å². The molecule has 8 aromatic rings. The molecule has 0 saturated carbocycles. The number of anilines is 4. The van der Waals surface area contributed by atoms with Crippen LogP contribution in [0.5, 0.6) is 0 Å². The zero-order valence-electron chi connectivity index (χ0n) is 36.1. The summed E-state index contributed by atoms with van der Waals surface area (Å²) in [4.78, 5) is 30.9. The Balaban J connectivity index is 0.000000193.